The number of nitrogens with one attached hydrogen (secondary N) is 1. The van der Waals surface area contributed by atoms with Crippen molar-refractivity contribution in [3.05, 3.63) is 15.9 Å². The van der Waals surface area contributed by atoms with Gasteiger partial charge in [0.05, 0.1) is 22.6 Å². The van der Waals surface area contributed by atoms with Crippen LogP contribution in [0.1, 0.15) is 41.4 Å². The Morgan fingerprint density at radius 2 is 2.24 bits per heavy atom. The number of hydrogen-bond donors (Lipinski definition) is 2. The second-order valence-electron chi connectivity index (χ2n) is 5.40. The van der Waals surface area contributed by atoms with Gasteiger partial charge in [0.1, 0.15) is 0 Å². The first kappa shape index (κ1) is 14.9. The molecular weight excluding hydrogens is 358 g/mol. The summed E-state index contributed by atoms with van der Waals surface area (Å²) in [7, 11) is 0. The second-order valence-corrected chi connectivity index (χ2v) is 7.34. The topological polar surface area (TPSA) is 86.3 Å². The number of carboxylic acid groups (broad SMARTS) is 1. The van der Waals surface area contributed by atoms with Gasteiger partial charge in [0, 0.05) is 24.0 Å². The van der Waals surface area contributed by atoms with E-state index in [4.69, 9.17) is 5.11 Å². The zero-order valence-electron chi connectivity index (χ0n) is 11.3. The highest BCUT2D eigenvalue weighted by molar-refractivity contribution is 9.10. The fourth-order valence-corrected chi connectivity index (χ4v) is 4.29. The van der Waals surface area contributed by atoms with Crippen molar-refractivity contribution in [2.24, 2.45) is 0 Å². The molecule has 1 aromatic heterocycles. The molecule has 1 aliphatic carbocycles. The van der Waals surface area contributed by atoms with Crippen molar-refractivity contribution < 1.29 is 14.7 Å². The van der Waals surface area contributed by atoms with Crippen LogP contribution in [-0.2, 0) is 4.79 Å². The van der Waals surface area contributed by atoms with Crippen LogP contribution >= 0.6 is 27.7 Å². The SMILES string of the molecule is O=C(O)CC1CSCCN1C(=O)c1n[nH]c(C2CC2)c1Br. The van der Waals surface area contributed by atoms with Crippen LogP contribution in [0.4, 0.5) is 0 Å². The van der Waals surface area contributed by atoms with Crippen LogP contribution in [0.25, 0.3) is 0 Å². The van der Waals surface area contributed by atoms with E-state index in [1.165, 1.54) is 0 Å². The Morgan fingerprint density at radius 3 is 2.90 bits per heavy atom. The minimum absolute atomic E-state index is 0.0176. The molecule has 1 saturated heterocycles. The predicted molar refractivity (Wildman–Crippen MR) is 82.7 cm³/mol. The number of aliphatic carboxylic acids is 1. The van der Waals surface area contributed by atoms with Crippen LogP contribution in [0.15, 0.2) is 4.47 Å². The average molecular weight is 374 g/mol. The van der Waals surface area contributed by atoms with Crippen LogP contribution in [-0.4, -0.2) is 56.2 Å². The third-order valence-corrected chi connectivity index (χ3v) is 5.71. The third kappa shape index (κ3) is 3.11. The molecule has 2 heterocycles. The molecule has 0 aromatic carbocycles. The van der Waals surface area contributed by atoms with Gasteiger partial charge >= 0.3 is 5.97 Å². The molecule has 1 atom stereocenters. The average Bonchev–Trinajstić information content (AvgIpc) is 3.21. The van der Waals surface area contributed by atoms with Gasteiger partial charge in [0.15, 0.2) is 5.69 Å². The number of H-pyrrole nitrogens is 1. The largest absolute Gasteiger partial charge is 0.481 e. The van der Waals surface area contributed by atoms with Gasteiger partial charge in [-0.25, -0.2) is 0 Å². The Morgan fingerprint density at radius 1 is 1.48 bits per heavy atom. The van der Waals surface area contributed by atoms with E-state index in [0.717, 1.165) is 28.8 Å². The molecule has 3 rings (SSSR count). The van der Waals surface area contributed by atoms with E-state index in [2.05, 4.69) is 26.1 Å². The van der Waals surface area contributed by atoms with Crippen molar-refractivity contribution in [1.82, 2.24) is 15.1 Å². The summed E-state index contributed by atoms with van der Waals surface area (Å²) in [5.41, 5.74) is 1.36. The Bertz CT molecular complexity index is 573. The summed E-state index contributed by atoms with van der Waals surface area (Å²) in [6.45, 7) is 0.569. The monoisotopic (exact) mass is 373 g/mol. The van der Waals surface area contributed by atoms with E-state index in [9.17, 15) is 9.59 Å². The van der Waals surface area contributed by atoms with E-state index >= 15 is 0 Å². The summed E-state index contributed by atoms with van der Waals surface area (Å²) in [6, 6.07) is -0.262. The Labute approximate surface area is 134 Å². The maximum Gasteiger partial charge on any atom is 0.305 e. The number of aromatic nitrogens is 2. The zero-order chi connectivity index (χ0) is 15.0. The van der Waals surface area contributed by atoms with E-state index in [1.54, 1.807) is 16.7 Å². The molecule has 1 aliphatic heterocycles. The lowest BCUT2D eigenvalue weighted by molar-refractivity contribution is -0.138. The Hall–Kier alpha value is -1.02. The number of aromatic amines is 1. The van der Waals surface area contributed by atoms with Gasteiger partial charge in [-0.2, -0.15) is 16.9 Å². The van der Waals surface area contributed by atoms with Crippen LogP contribution in [0.5, 0.6) is 0 Å². The minimum atomic E-state index is -0.875. The summed E-state index contributed by atoms with van der Waals surface area (Å²) < 4.78 is 0.738. The smallest absolute Gasteiger partial charge is 0.305 e. The van der Waals surface area contributed by atoms with Gasteiger partial charge in [-0.05, 0) is 28.8 Å². The number of nitrogens with zero attached hydrogens (tertiary/aromatic N) is 2. The van der Waals surface area contributed by atoms with Crippen molar-refractivity contribution in [2.45, 2.75) is 31.2 Å². The molecule has 2 fully saturated rings. The van der Waals surface area contributed by atoms with Gasteiger partial charge in [-0.1, -0.05) is 0 Å². The number of thioether (sulfide) groups is 1. The second kappa shape index (κ2) is 6.00. The molecule has 8 heteroatoms. The molecule has 0 spiro atoms. The quantitative estimate of drug-likeness (QED) is 0.843. The van der Waals surface area contributed by atoms with E-state index < -0.39 is 5.97 Å². The number of carbonyl (C=O) groups is 2. The normalized spacial score (nSPS) is 22.3. The maximum atomic E-state index is 12.7. The summed E-state index contributed by atoms with van der Waals surface area (Å²) >= 11 is 5.16. The molecule has 114 valence electrons. The van der Waals surface area contributed by atoms with Crippen molar-refractivity contribution in [1.29, 1.82) is 0 Å². The van der Waals surface area contributed by atoms with Crippen LogP contribution in [0.2, 0.25) is 0 Å². The number of hydrogen-bond acceptors (Lipinski definition) is 4. The number of rotatable bonds is 4. The highest BCUT2D eigenvalue weighted by atomic mass is 79.9. The van der Waals surface area contributed by atoms with Gasteiger partial charge in [-0.15, -0.1) is 0 Å². The van der Waals surface area contributed by atoms with E-state index in [0.29, 0.717) is 23.9 Å². The van der Waals surface area contributed by atoms with Gasteiger partial charge in [-0.3, -0.25) is 14.7 Å². The number of carbonyl (C=O) groups excluding carboxylic acids is 1. The van der Waals surface area contributed by atoms with E-state index in [1.807, 2.05) is 0 Å². The minimum Gasteiger partial charge on any atom is -0.481 e. The van der Waals surface area contributed by atoms with E-state index in [-0.39, 0.29) is 18.4 Å². The lowest BCUT2D eigenvalue weighted by Crippen LogP contribution is -2.47. The molecule has 1 saturated carbocycles. The summed E-state index contributed by atoms with van der Waals surface area (Å²) in [4.78, 5) is 25.3. The standard InChI is InChI=1S/C13H16BrN3O3S/c14-10-11(7-1-2-7)15-16-12(10)13(20)17-3-4-21-6-8(17)5-9(18)19/h7-8H,1-6H2,(H,15,16)(H,18,19). The first-order valence-corrected chi connectivity index (χ1v) is 8.87. The van der Waals surface area contributed by atoms with Crippen molar-refractivity contribution in [2.75, 3.05) is 18.1 Å². The van der Waals surface area contributed by atoms with Crippen LogP contribution in [0, 0.1) is 0 Å². The molecular formula is C13H16BrN3O3S. The number of carboxylic acids is 1. The highest BCUT2D eigenvalue weighted by Gasteiger charge is 2.35. The molecule has 21 heavy (non-hydrogen) atoms. The molecule has 0 radical (unpaired) electrons. The fourth-order valence-electron chi connectivity index (χ4n) is 2.55. The highest BCUT2D eigenvalue weighted by Crippen LogP contribution is 2.43. The lowest BCUT2D eigenvalue weighted by atomic mass is 10.1. The van der Waals surface area contributed by atoms with Crippen LogP contribution in [0.3, 0.4) is 0 Å². The van der Waals surface area contributed by atoms with Gasteiger partial charge < -0.3 is 10.0 Å². The molecule has 1 amide bonds. The van der Waals surface area contributed by atoms with Gasteiger partial charge in [0.25, 0.3) is 5.91 Å². The molecule has 2 N–H and O–H groups in total. The molecule has 2 aliphatic rings. The molecule has 1 unspecified atom stereocenters. The maximum absolute atomic E-state index is 12.7. The molecule has 0 bridgehead atoms. The first-order valence-electron chi connectivity index (χ1n) is 6.92. The number of amides is 1. The lowest BCUT2D eigenvalue weighted by Gasteiger charge is -2.34. The zero-order valence-corrected chi connectivity index (χ0v) is 13.7. The summed E-state index contributed by atoms with van der Waals surface area (Å²) in [6.07, 6.45) is 2.23. The number of halogens is 1. The summed E-state index contributed by atoms with van der Waals surface area (Å²) in [5, 5.41) is 16.1. The van der Waals surface area contributed by atoms with Crippen LogP contribution < -0.4 is 0 Å². The van der Waals surface area contributed by atoms with Crippen molar-refractivity contribution >= 4 is 39.6 Å². The molecule has 1 aromatic rings. The predicted octanol–water partition coefficient (Wildman–Crippen LogP) is 2.08. The third-order valence-electron chi connectivity index (χ3n) is 3.82. The summed E-state index contributed by atoms with van der Waals surface area (Å²) in [5.74, 6) is 0.909. The fraction of sp³-hybridized carbons (Fsp3) is 0.615. The Kier molecular flexibility index (Phi) is 4.26. The molecule has 6 nitrogen and oxygen atoms in total. The van der Waals surface area contributed by atoms with Crippen molar-refractivity contribution in [3.63, 3.8) is 0 Å². The first-order chi connectivity index (χ1) is 10.1. The van der Waals surface area contributed by atoms with Gasteiger partial charge in [0.2, 0.25) is 0 Å². The van der Waals surface area contributed by atoms with Crippen molar-refractivity contribution in [3.8, 4) is 0 Å². The Balaban J connectivity index is 1.80.